The summed E-state index contributed by atoms with van der Waals surface area (Å²) in [5.41, 5.74) is 1.69. The summed E-state index contributed by atoms with van der Waals surface area (Å²) in [5.74, 6) is 2.71. The van der Waals surface area contributed by atoms with Crippen LogP contribution in [0.15, 0.2) is 60.0 Å². The molecule has 0 unspecified atom stereocenters. The molecule has 1 amide bonds. The molecule has 170 valence electrons. The molecule has 0 spiro atoms. The van der Waals surface area contributed by atoms with Crippen LogP contribution < -0.4 is 9.46 Å². The van der Waals surface area contributed by atoms with Crippen LogP contribution in [0, 0.1) is 12.3 Å². The number of halogens is 1. The van der Waals surface area contributed by atoms with Crippen LogP contribution in [0.25, 0.3) is 0 Å². The molecule has 0 atom stereocenters. The maximum Gasteiger partial charge on any atom is 0.246 e. The summed E-state index contributed by atoms with van der Waals surface area (Å²) in [4.78, 5) is 14.2. The lowest BCUT2D eigenvalue weighted by Gasteiger charge is -2.23. The number of ether oxygens (including phenoxy) is 1. The van der Waals surface area contributed by atoms with Crippen molar-refractivity contribution < 1.29 is 17.9 Å². The number of nitrogens with one attached hydrogen (secondary N) is 1. The first-order valence-corrected chi connectivity index (χ1v) is 12.0. The smallest absolute Gasteiger partial charge is 0.246 e. The van der Waals surface area contributed by atoms with E-state index in [1.165, 1.54) is 18.2 Å². The van der Waals surface area contributed by atoms with E-state index >= 15 is 0 Å². The van der Waals surface area contributed by atoms with E-state index in [0.29, 0.717) is 36.9 Å². The number of benzene rings is 2. The van der Waals surface area contributed by atoms with Crippen molar-refractivity contribution in [3.8, 4) is 18.1 Å². The van der Waals surface area contributed by atoms with Crippen molar-refractivity contribution in [1.29, 1.82) is 0 Å². The molecule has 1 N–H and O–H groups in total. The fraction of sp³-hybridized carbons (Fsp3) is 0.292. The molecule has 6 nitrogen and oxygen atoms in total. The Bertz CT molecular complexity index is 1080. The van der Waals surface area contributed by atoms with Gasteiger partial charge in [-0.15, -0.1) is 6.42 Å². The molecule has 0 bridgehead atoms. The lowest BCUT2D eigenvalue weighted by molar-refractivity contribution is -0.126. The molecule has 0 saturated heterocycles. The quantitative estimate of drug-likeness (QED) is 0.375. The summed E-state index contributed by atoms with van der Waals surface area (Å²) in [6.07, 6.45) is 7.77. The van der Waals surface area contributed by atoms with Gasteiger partial charge in [-0.1, -0.05) is 43.2 Å². The van der Waals surface area contributed by atoms with Gasteiger partial charge in [-0.25, -0.2) is 8.42 Å². The standard InChI is InChI=1S/C24H27ClN2O4S/c1-4-14-26-32(29,30)22-10-7-19(8-11-22)13-15-27(24(28)6-3)18-20-17-21(25)9-12-23(20)31-16-5-2/h1,6-12,17,26H,3,5,13-16,18H2,2H3. The molecule has 0 aromatic heterocycles. The Morgan fingerprint density at radius 3 is 2.62 bits per heavy atom. The number of carbonyl (C=O) groups is 1. The fourth-order valence-electron chi connectivity index (χ4n) is 2.95. The molecule has 8 heteroatoms. The molecule has 0 saturated carbocycles. The number of carbonyl (C=O) groups excluding carboxylic acids is 1. The Morgan fingerprint density at radius 2 is 2.00 bits per heavy atom. The Labute approximate surface area is 195 Å². The van der Waals surface area contributed by atoms with E-state index in [9.17, 15) is 13.2 Å². The van der Waals surface area contributed by atoms with E-state index in [-0.39, 0.29) is 17.3 Å². The van der Waals surface area contributed by atoms with Crippen LogP contribution in [0.3, 0.4) is 0 Å². The van der Waals surface area contributed by atoms with Crippen molar-refractivity contribution in [1.82, 2.24) is 9.62 Å². The number of nitrogens with zero attached hydrogens (tertiary/aromatic N) is 1. The van der Waals surface area contributed by atoms with Gasteiger partial charge < -0.3 is 9.64 Å². The minimum atomic E-state index is -3.64. The number of rotatable bonds is 12. The van der Waals surface area contributed by atoms with Gasteiger partial charge in [0.15, 0.2) is 0 Å². The topological polar surface area (TPSA) is 75.7 Å². The van der Waals surface area contributed by atoms with Gasteiger partial charge in [-0.3, -0.25) is 4.79 Å². The third kappa shape index (κ3) is 7.41. The largest absolute Gasteiger partial charge is 0.493 e. The van der Waals surface area contributed by atoms with E-state index in [4.69, 9.17) is 22.8 Å². The highest BCUT2D eigenvalue weighted by atomic mass is 35.5. The van der Waals surface area contributed by atoms with Crippen LogP contribution >= 0.6 is 11.6 Å². The van der Waals surface area contributed by atoms with E-state index in [1.54, 1.807) is 35.2 Å². The molecule has 2 rings (SSSR count). The van der Waals surface area contributed by atoms with Gasteiger partial charge in [0.05, 0.1) is 18.0 Å². The van der Waals surface area contributed by atoms with Crippen molar-refractivity contribution in [3.63, 3.8) is 0 Å². The first kappa shape index (κ1) is 25.5. The Kier molecular flexibility index (Phi) is 9.79. The molecule has 0 aliphatic heterocycles. The van der Waals surface area contributed by atoms with Gasteiger partial charge >= 0.3 is 0 Å². The summed E-state index contributed by atoms with van der Waals surface area (Å²) < 4.78 is 32.4. The fourth-order valence-corrected chi connectivity index (χ4v) is 4.07. The normalized spacial score (nSPS) is 10.9. The number of terminal acetylenes is 1. The van der Waals surface area contributed by atoms with Crippen molar-refractivity contribution in [3.05, 3.63) is 71.3 Å². The van der Waals surface area contributed by atoms with Gasteiger partial charge in [-0.05, 0) is 54.8 Å². The summed E-state index contributed by atoms with van der Waals surface area (Å²) >= 11 is 6.16. The van der Waals surface area contributed by atoms with E-state index in [0.717, 1.165) is 17.5 Å². The van der Waals surface area contributed by atoms with Crippen LogP contribution in [-0.2, 0) is 27.8 Å². The molecule has 32 heavy (non-hydrogen) atoms. The predicted octanol–water partition coefficient (Wildman–Crippen LogP) is 3.80. The third-order valence-electron chi connectivity index (χ3n) is 4.60. The SMILES string of the molecule is C#CCNS(=O)(=O)c1ccc(CCN(Cc2cc(Cl)ccc2OCCC)C(=O)C=C)cc1. The summed E-state index contributed by atoms with van der Waals surface area (Å²) in [5, 5.41) is 0.560. The average molecular weight is 475 g/mol. The second kappa shape index (κ2) is 12.3. The van der Waals surface area contributed by atoms with Gasteiger partial charge in [0.25, 0.3) is 0 Å². The maximum atomic E-state index is 12.5. The van der Waals surface area contributed by atoms with Crippen molar-refractivity contribution >= 4 is 27.5 Å². The van der Waals surface area contributed by atoms with Crippen LogP contribution in [-0.4, -0.2) is 38.9 Å². The van der Waals surface area contributed by atoms with Gasteiger partial charge in [0.2, 0.25) is 15.9 Å². The van der Waals surface area contributed by atoms with Gasteiger partial charge in [0, 0.05) is 23.7 Å². The highest BCUT2D eigenvalue weighted by molar-refractivity contribution is 7.89. The van der Waals surface area contributed by atoms with Crippen molar-refractivity contribution in [2.45, 2.75) is 31.2 Å². The van der Waals surface area contributed by atoms with Crippen LogP contribution in [0.4, 0.5) is 0 Å². The highest BCUT2D eigenvalue weighted by Crippen LogP contribution is 2.25. The zero-order valence-electron chi connectivity index (χ0n) is 18.0. The molecule has 0 heterocycles. The lowest BCUT2D eigenvalue weighted by atomic mass is 10.1. The number of hydrogen-bond donors (Lipinski definition) is 1. The zero-order valence-corrected chi connectivity index (χ0v) is 19.6. The number of hydrogen-bond acceptors (Lipinski definition) is 4. The van der Waals surface area contributed by atoms with E-state index in [1.807, 2.05) is 6.92 Å². The minimum Gasteiger partial charge on any atom is -0.493 e. The van der Waals surface area contributed by atoms with Crippen LogP contribution in [0.1, 0.15) is 24.5 Å². The molecule has 0 fully saturated rings. The molecule has 2 aromatic carbocycles. The van der Waals surface area contributed by atoms with Gasteiger partial charge in [-0.2, -0.15) is 4.72 Å². The second-order valence-electron chi connectivity index (χ2n) is 6.99. The highest BCUT2D eigenvalue weighted by Gasteiger charge is 2.16. The Balaban J connectivity index is 2.13. The first-order valence-electron chi connectivity index (χ1n) is 10.1. The van der Waals surface area contributed by atoms with E-state index in [2.05, 4.69) is 17.2 Å². The molecule has 0 aliphatic carbocycles. The van der Waals surface area contributed by atoms with Crippen molar-refractivity contribution in [2.75, 3.05) is 19.7 Å². The Morgan fingerprint density at radius 1 is 1.28 bits per heavy atom. The number of sulfonamides is 1. The number of amides is 1. The zero-order chi connectivity index (χ0) is 23.6. The van der Waals surface area contributed by atoms with Crippen LogP contribution in [0.2, 0.25) is 5.02 Å². The first-order chi connectivity index (χ1) is 15.3. The van der Waals surface area contributed by atoms with Crippen LogP contribution in [0.5, 0.6) is 5.75 Å². The second-order valence-corrected chi connectivity index (χ2v) is 9.19. The molecule has 0 radical (unpaired) electrons. The minimum absolute atomic E-state index is 0.0732. The third-order valence-corrected chi connectivity index (χ3v) is 6.25. The predicted molar refractivity (Wildman–Crippen MR) is 127 cm³/mol. The molecular formula is C24H27ClN2O4S. The monoisotopic (exact) mass is 474 g/mol. The maximum absolute atomic E-state index is 12.5. The Hall–Kier alpha value is -2.79. The molecule has 0 aliphatic rings. The average Bonchev–Trinajstić information content (AvgIpc) is 2.79. The summed E-state index contributed by atoms with van der Waals surface area (Å²) in [7, 11) is -3.64. The van der Waals surface area contributed by atoms with Gasteiger partial charge in [0.1, 0.15) is 5.75 Å². The summed E-state index contributed by atoms with van der Waals surface area (Å²) in [6, 6.07) is 11.8. The lowest BCUT2D eigenvalue weighted by Crippen LogP contribution is -2.31. The summed E-state index contributed by atoms with van der Waals surface area (Å²) in [6.45, 7) is 6.83. The molecule has 2 aromatic rings. The molecular weight excluding hydrogens is 448 g/mol. The van der Waals surface area contributed by atoms with Crippen molar-refractivity contribution in [2.24, 2.45) is 0 Å². The van der Waals surface area contributed by atoms with E-state index < -0.39 is 10.0 Å².